The van der Waals surface area contributed by atoms with Gasteiger partial charge >= 0.3 is 11.9 Å². The van der Waals surface area contributed by atoms with Crippen LogP contribution in [0.5, 0.6) is 0 Å². The van der Waals surface area contributed by atoms with Gasteiger partial charge < -0.3 is 15.1 Å². The zero-order chi connectivity index (χ0) is 32.3. The average Bonchev–Trinajstić information content (AvgIpc) is 3.48. The maximum atomic E-state index is 12.2. The fourth-order valence-corrected chi connectivity index (χ4v) is 6.74. The fourth-order valence-electron chi connectivity index (χ4n) is 5.91. The summed E-state index contributed by atoms with van der Waals surface area (Å²) >= 11 is 1.40. The predicted octanol–water partition coefficient (Wildman–Crippen LogP) is 8.62. The molecule has 1 atom stereocenters. The van der Waals surface area contributed by atoms with Gasteiger partial charge in [0.1, 0.15) is 11.0 Å². The topological polar surface area (TPSA) is 94.0 Å². The molecule has 0 fully saturated rings. The van der Waals surface area contributed by atoms with Crippen molar-refractivity contribution in [3.05, 3.63) is 106 Å². The molecule has 0 aliphatic rings. The Kier molecular flexibility index (Phi) is 12.3. The number of nitrogens with zero attached hydrogens (tertiary/aromatic N) is 3. The molecule has 8 heteroatoms. The monoisotopic (exact) mass is 627 g/mol. The third kappa shape index (κ3) is 9.25. The van der Waals surface area contributed by atoms with Gasteiger partial charge in [0.15, 0.2) is 0 Å². The number of hydrogen-bond donors (Lipinski definition) is 2. The van der Waals surface area contributed by atoms with Gasteiger partial charge in [-0.2, -0.15) is 0 Å². The molecule has 1 unspecified atom stereocenters. The van der Waals surface area contributed by atoms with Gasteiger partial charge in [0.05, 0.1) is 18.8 Å². The van der Waals surface area contributed by atoms with E-state index in [-0.39, 0.29) is 6.54 Å². The van der Waals surface area contributed by atoms with Crippen LogP contribution in [0.2, 0.25) is 0 Å². The van der Waals surface area contributed by atoms with Gasteiger partial charge in [0, 0.05) is 29.2 Å². The smallest absolute Gasteiger partial charge is 0.325 e. The van der Waals surface area contributed by atoms with Gasteiger partial charge in [0.2, 0.25) is 0 Å². The maximum Gasteiger partial charge on any atom is 0.325 e. The molecule has 0 saturated heterocycles. The lowest BCUT2D eigenvalue weighted by Gasteiger charge is -2.30. The number of carboxylic acids is 2. The number of thiazole rings is 1. The van der Waals surface area contributed by atoms with E-state index in [2.05, 4.69) is 81.1 Å². The number of aromatic nitrogens is 1. The van der Waals surface area contributed by atoms with Crippen LogP contribution < -0.4 is 4.90 Å². The highest BCUT2D eigenvalue weighted by atomic mass is 32.1. The van der Waals surface area contributed by atoms with Crippen molar-refractivity contribution in [1.82, 2.24) is 9.88 Å². The molecule has 1 aromatic heterocycles. The largest absolute Gasteiger partial charge is 0.480 e. The van der Waals surface area contributed by atoms with E-state index in [0.29, 0.717) is 22.5 Å². The second-order valence-corrected chi connectivity index (χ2v) is 12.8. The SMILES string of the molecule is CCCC(CCC)c1ccc(N(Cc2ccc(-c3csc(CN(CC(=O)O)C(C(=O)O)c4ccccc4)n3)cc2)C(C)C)cc1. The Morgan fingerprint density at radius 2 is 1.47 bits per heavy atom. The van der Waals surface area contributed by atoms with Gasteiger partial charge in [0.25, 0.3) is 0 Å². The van der Waals surface area contributed by atoms with Crippen LogP contribution in [0.15, 0.2) is 84.2 Å². The van der Waals surface area contributed by atoms with E-state index in [1.165, 1.54) is 58.7 Å². The minimum Gasteiger partial charge on any atom is -0.480 e. The standard InChI is InChI=1S/C37H45N3O4S/c1-5-10-28(11-6-2)29-18-20-32(21-19-29)40(26(3)4)22-27-14-16-30(17-15-27)33-25-45-34(38-33)23-39(24-35(41)42)36(37(43)44)31-12-8-7-9-13-31/h7-9,12-21,25-26,28,36H,5-6,10-11,22-24H2,1-4H3,(H,41,42)(H,43,44). The van der Waals surface area contributed by atoms with E-state index in [1.807, 2.05) is 5.38 Å². The molecule has 0 radical (unpaired) electrons. The average molecular weight is 628 g/mol. The van der Waals surface area contributed by atoms with Gasteiger partial charge in [-0.15, -0.1) is 11.3 Å². The van der Waals surface area contributed by atoms with Crippen LogP contribution in [-0.2, 0) is 22.7 Å². The summed E-state index contributed by atoms with van der Waals surface area (Å²) in [6.45, 7) is 9.44. The minimum absolute atomic E-state index is 0.112. The quantitative estimate of drug-likeness (QED) is 0.121. The molecule has 238 valence electrons. The van der Waals surface area contributed by atoms with Crippen molar-refractivity contribution in [2.75, 3.05) is 11.4 Å². The molecular weight excluding hydrogens is 582 g/mol. The van der Waals surface area contributed by atoms with Crippen LogP contribution in [0.25, 0.3) is 11.3 Å². The number of carbonyl (C=O) groups is 2. The normalized spacial score (nSPS) is 12.2. The summed E-state index contributed by atoms with van der Waals surface area (Å²) in [4.78, 5) is 32.5. The summed E-state index contributed by atoms with van der Waals surface area (Å²) in [6.07, 6.45) is 4.85. The number of anilines is 1. The summed E-state index contributed by atoms with van der Waals surface area (Å²) in [5, 5.41) is 22.1. The van der Waals surface area contributed by atoms with Gasteiger partial charge in [-0.05, 0) is 61.4 Å². The Morgan fingerprint density at radius 1 is 0.822 bits per heavy atom. The summed E-state index contributed by atoms with van der Waals surface area (Å²) in [5.41, 5.74) is 6.12. The first-order chi connectivity index (χ1) is 21.7. The van der Waals surface area contributed by atoms with E-state index in [9.17, 15) is 19.8 Å². The van der Waals surface area contributed by atoms with Crippen molar-refractivity contribution in [3.8, 4) is 11.3 Å². The Balaban J connectivity index is 1.47. The Morgan fingerprint density at radius 3 is 2.02 bits per heavy atom. The summed E-state index contributed by atoms with van der Waals surface area (Å²) in [7, 11) is 0. The molecule has 0 aliphatic carbocycles. The molecular formula is C37H45N3O4S. The number of rotatable bonds is 17. The Labute approximate surface area is 271 Å². The second-order valence-electron chi connectivity index (χ2n) is 11.9. The zero-order valence-corrected chi connectivity index (χ0v) is 27.5. The molecule has 4 rings (SSSR count). The van der Waals surface area contributed by atoms with Crippen molar-refractivity contribution in [1.29, 1.82) is 0 Å². The summed E-state index contributed by atoms with van der Waals surface area (Å²) < 4.78 is 0. The molecule has 0 aliphatic heterocycles. The van der Waals surface area contributed by atoms with Crippen molar-refractivity contribution in [2.45, 2.75) is 84.5 Å². The highest BCUT2D eigenvalue weighted by molar-refractivity contribution is 7.09. The van der Waals surface area contributed by atoms with E-state index in [0.717, 1.165) is 17.8 Å². The molecule has 45 heavy (non-hydrogen) atoms. The van der Waals surface area contributed by atoms with Crippen LogP contribution in [-0.4, -0.2) is 44.6 Å². The predicted molar refractivity (Wildman–Crippen MR) is 183 cm³/mol. The molecule has 4 aromatic rings. The first-order valence-corrected chi connectivity index (χ1v) is 16.7. The molecule has 0 bridgehead atoms. The lowest BCUT2D eigenvalue weighted by atomic mass is 9.90. The first kappa shape index (κ1) is 33.9. The fraction of sp³-hybridized carbons (Fsp3) is 0.378. The third-order valence-electron chi connectivity index (χ3n) is 8.14. The molecule has 7 nitrogen and oxygen atoms in total. The van der Waals surface area contributed by atoms with E-state index in [1.54, 1.807) is 30.3 Å². The molecule has 2 N–H and O–H groups in total. The zero-order valence-electron chi connectivity index (χ0n) is 26.7. The molecule has 1 heterocycles. The van der Waals surface area contributed by atoms with Crippen LogP contribution in [0.3, 0.4) is 0 Å². The lowest BCUT2D eigenvalue weighted by Crippen LogP contribution is -2.37. The van der Waals surface area contributed by atoms with Crippen molar-refractivity contribution in [2.24, 2.45) is 0 Å². The van der Waals surface area contributed by atoms with E-state index in [4.69, 9.17) is 4.98 Å². The van der Waals surface area contributed by atoms with Crippen LogP contribution in [0.1, 0.15) is 87.0 Å². The highest BCUT2D eigenvalue weighted by Gasteiger charge is 2.30. The number of hydrogen-bond acceptors (Lipinski definition) is 6. The van der Waals surface area contributed by atoms with Gasteiger partial charge in [-0.25, -0.2) is 4.98 Å². The third-order valence-corrected chi connectivity index (χ3v) is 8.97. The summed E-state index contributed by atoms with van der Waals surface area (Å²) in [5.74, 6) is -1.56. The molecule has 3 aromatic carbocycles. The van der Waals surface area contributed by atoms with Crippen molar-refractivity contribution < 1.29 is 19.8 Å². The Hall–Kier alpha value is -4.01. The van der Waals surface area contributed by atoms with Crippen LogP contribution in [0.4, 0.5) is 5.69 Å². The van der Waals surface area contributed by atoms with Crippen LogP contribution in [0, 0.1) is 0 Å². The summed E-state index contributed by atoms with van der Waals surface area (Å²) in [6, 6.07) is 25.5. The van der Waals surface area contributed by atoms with Crippen molar-refractivity contribution in [3.63, 3.8) is 0 Å². The lowest BCUT2D eigenvalue weighted by molar-refractivity contribution is -0.147. The first-order valence-electron chi connectivity index (χ1n) is 15.8. The van der Waals surface area contributed by atoms with E-state index >= 15 is 0 Å². The molecule has 0 amide bonds. The van der Waals surface area contributed by atoms with Crippen LogP contribution >= 0.6 is 11.3 Å². The molecule has 0 saturated carbocycles. The number of benzene rings is 3. The highest BCUT2D eigenvalue weighted by Crippen LogP contribution is 2.30. The Bertz CT molecular complexity index is 1500. The van der Waals surface area contributed by atoms with E-state index < -0.39 is 24.5 Å². The maximum absolute atomic E-state index is 12.2. The van der Waals surface area contributed by atoms with Gasteiger partial charge in [-0.1, -0.05) is 93.4 Å². The number of carboxylic acid groups (broad SMARTS) is 2. The van der Waals surface area contributed by atoms with Crippen molar-refractivity contribution >= 4 is 29.0 Å². The molecule has 0 spiro atoms. The minimum atomic E-state index is -1.10. The number of aliphatic carboxylic acids is 2. The van der Waals surface area contributed by atoms with Gasteiger partial charge in [-0.3, -0.25) is 14.5 Å². The second kappa shape index (κ2) is 16.3.